The van der Waals surface area contributed by atoms with Gasteiger partial charge in [-0.25, -0.2) is 9.97 Å². The van der Waals surface area contributed by atoms with Crippen LogP contribution in [0.3, 0.4) is 0 Å². The summed E-state index contributed by atoms with van der Waals surface area (Å²) >= 11 is 10.1. The van der Waals surface area contributed by atoms with Crippen molar-refractivity contribution in [1.82, 2.24) is 9.97 Å². The van der Waals surface area contributed by atoms with E-state index < -0.39 is 17.7 Å². The number of nitrogens with zero attached hydrogens (tertiary/aromatic N) is 3. The Morgan fingerprint density at radius 3 is 2.68 bits per heavy atom. The van der Waals surface area contributed by atoms with E-state index in [2.05, 4.69) is 9.97 Å². The molecule has 31 heavy (non-hydrogen) atoms. The van der Waals surface area contributed by atoms with Crippen molar-refractivity contribution < 1.29 is 14.7 Å². The van der Waals surface area contributed by atoms with Gasteiger partial charge >= 0.3 is 0 Å². The van der Waals surface area contributed by atoms with E-state index in [-0.39, 0.29) is 11.4 Å². The third-order valence-corrected chi connectivity index (χ3v) is 8.17. The maximum absolute atomic E-state index is 13.5. The van der Waals surface area contributed by atoms with Gasteiger partial charge in [0.2, 0.25) is 5.78 Å². The Balaban J connectivity index is 1.67. The molecular weight excluding hydrogens is 474 g/mol. The molecule has 0 unspecified atom stereocenters. The first-order valence-corrected chi connectivity index (χ1v) is 12.1. The Bertz CT molecular complexity index is 1390. The van der Waals surface area contributed by atoms with E-state index in [1.165, 1.54) is 38.9 Å². The fourth-order valence-corrected chi connectivity index (χ4v) is 6.57. The number of aliphatic hydroxyl groups excluding tert-OH is 1. The molecule has 6 nitrogen and oxygen atoms in total. The molecular formula is C21H14ClN3O3S3. The number of aromatic nitrogens is 2. The van der Waals surface area contributed by atoms with Crippen LogP contribution < -0.4 is 4.90 Å². The van der Waals surface area contributed by atoms with Crippen LogP contribution in [0, 0.1) is 13.8 Å². The minimum Gasteiger partial charge on any atom is -0.503 e. The number of anilines is 1. The van der Waals surface area contributed by atoms with Gasteiger partial charge in [-0.1, -0.05) is 29.0 Å². The standard InChI is InChI=1S/C21H14ClN3O3S3/c1-9-19(30-10(2)23-9)17(26)15-16(13-4-3-7-29-13)25(20(28)18(15)27)21-24-12-6-5-11(22)8-14(12)31-21/h3-8,16,27H,1-2H3/t16-/m0/s1. The number of rotatable bonds is 4. The first-order valence-electron chi connectivity index (χ1n) is 9.20. The predicted octanol–water partition coefficient (Wildman–Crippen LogP) is 5.87. The number of carbonyl (C=O) groups excluding carboxylic acids is 2. The zero-order valence-electron chi connectivity index (χ0n) is 16.2. The summed E-state index contributed by atoms with van der Waals surface area (Å²) in [6, 6.07) is 8.22. The summed E-state index contributed by atoms with van der Waals surface area (Å²) in [6.07, 6.45) is 0. The highest BCUT2D eigenvalue weighted by Crippen LogP contribution is 2.46. The first kappa shape index (κ1) is 20.3. The molecule has 1 aliphatic heterocycles. The van der Waals surface area contributed by atoms with Crippen LogP contribution >= 0.6 is 45.6 Å². The lowest BCUT2D eigenvalue weighted by atomic mass is 10.0. The van der Waals surface area contributed by atoms with E-state index in [1.54, 1.807) is 25.1 Å². The smallest absolute Gasteiger partial charge is 0.296 e. The average molecular weight is 488 g/mol. The van der Waals surface area contributed by atoms with Crippen LogP contribution in [0.25, 0.3) is 10.2 Å². The quantitative estimate of drug-likeness (QED) is 0.364. The number of thiazole rings is 2. The van der Waals surface area contributed by atoms with Crippen LogP contribution in [-0.4, -0.2) is 26.8 Å². The Labute approximate surface area is 194 Å². The fraction of sp³-hybridized carbons (Fsp3) is 0.143. The van der Waals surface area contributed by atoms with Crippen LogP contribution in [0.2, 0.25) is 5.02 Å². The van der Waals surface area contributed by atoms with Crippen LogP contribution in [0.4, 0.5) is 5.13 Å². The molecule has 1 aliphatic rings. The molecule has 156 valence electrons. The molecule has 0 saturated heterocycles. The number of carbonyl (C=O) groups is 2. The van der Waals surface area contributed by atoms with E-state index in [9.17, 15) is 14.7 Å². The van der Waals surface area contributed by atoms with Crippen LogP contribution in [-0.2, 0) is 4.79 Å². The highest BCUT2D eigenvalue weighted by Gasteiger charge is 2.47. The molecule has 4 aromatic rings. The van der Waals surface area contributed by atoms with Gasteiger partial charge in [-0.15, -0.1) is 22.7 Å². The molecule has 1 aromatic carbocycles. The summed E-state index contributed by atoms with van der Waals surface area (Å²) in [5, 5.41) is 14.4. The number of halogens is 1. The summed E-state index contributed by atoms with van der Waals surface area (Å²) in [4.78, 5) is 38.2. The maximum Gasteiger partial charge on any atom is 0.296 e. The molecule has 3 aromatic heterocycles. The van der Waals surface area contributed by atoms with Crippen molar-refractivity contribution in [3.8, 4) is 0 Å². The number of Topliss-reactive ketones (excluding diaryl/α,β-unsaturated/α-hetero) is 1. The topological polar surface area (TPSA) is 83.4 Å². The zero-order chi connectivity index (χ0) is 21.9. The number of fused-ring (bicyclic) bond motifs is 1. The Kier molecular flexibility index (Phi) is 4.93. The van der Waals surface area contributed by atoms with Gasteiger partial charge in [-0.3, -0.25) is 14.5 Å². The molecule has 0 aliphatic carbocycles. The fourth-order valence-electron chi connectivity index (χ4n) is 3.60. The van der Waals surface area contributed by atoms with Gasteiger partial charge in [0, 0.05) is 9.90 Å². The number of thiophene rings is 1. The van der Waals surface area contributed by atoms with Crippen molar-refractivity contribution in [1.29, 1.82) is 0 Å². The van der Waals surface area contributed by atoms with Crippen molar-refractivity contribution in [2.45, 2.75) is 19.9 Å². The summed E-state index contributed by atoms with van der Waals surface area (Å²) in [7, 11) is 0. The molecule has 0 radical (unpaired) electrons. The van der Waals surface area contributed by atoms with Gasteiger partial charge in [-0.05, 0) is 43.5 Å². The lowest BCUT2D eigenvalue weighted by Crippen LogP contribution is -2.30. The van der Waals surface area contributed by atoms with E-state index in [0.29, 0.717) is 26.2 Å². The van der Waals surface area contributed by atoms with Crippen LogP contribution in [0.5, 0.6) is 0 Å². The predicted molar refractivity (Wildman–Crippen MR) is 125 cm³/mol. The van der Waals surface area contributed by atoms with Crippen molar-refractivity contribution in [2.24, 2.45) is 0 Å². The van der Waals surface area contributed by atoms with Gasteiger partial charge in [0.05, 0.1) is 31.4 Å². The van der Waals surface area contributed by atoms with Crippen molar-refractivity contribution in [3.05, 3.63) is 72.5 Å². The lowest BCUT2D eigenvalue weighted by Gasteiger charge is -2.22. The Morgan fingerprint density at radius 2 is 2.00 bits per heavy atom. The largest absolute Gasteiger partial charge is 0.503 e. The molecule has 0 saturated carbocycles. The third-order valence-electron chi connectivity index (χ3n) is 4.92. The molecule has 0 bridgehead atoms. The van der Waals surface area contributed by atoms with Crippen molar-refractivity contribution >= 4 is 72.6 Å². The minimum absolute atomic E-state index is 0.0523. The second-order valence-electron chi connectivity index (χ2n) is 6.94. The number of hydrogen-bond acceptors (Lipinski definition) is 8. The Morgan fingerprint density at radius 1 is 1.19 bits per heavy atom. The number of aryl methyl sites for hydroxylation is 2. The van der Waals surface area contributed by atoms with E-state index in [0.717, 1.165) is 14.6 Å². The van der Waals surface area contributed by atoms with Crippen molar-refractivity contribution in [3.63, 3.8) is 0 Å². The number of ketones is 1. The van der Waals surface area contributed by atoms with Crippen LogP contribution in [0.1, 0.15) is 31.3 Å². The van der Waals surface area contributed by atoms with Gasteiger partial charge in [-0.2, -0.15) is 0 Å². The normalized spacial score (nSPS) is 16.7. The van der Waals surface area contributed by atoms with Gasteiger partial charge in [0.1, 0.15) is 6.04 Å². The highest BCUT2D eigenvalue weighted by molar-refractivity contribution is 7.22. The second-order valence-corrected chi connectivity index (χ2v) is 10.6. The molecule has 1 amide bonds. The molecule has 1 atom stereocenters. The highest BCUT2D eigenvalue weighted by atomic mass is 35.5. The second kappa shape index (κ2) is 7.52. The molecule has 4 heterocycles. The van der Waals surface area contributed by atoms with Gasteiger partial charge in [0.25, 0.3) is 5.91 Å². The molecule has 10 heteroatoms. The van der Waals surface area contributed by atoms with E-state index in [1.807, 2.05) is 24.4 Å². The number of benzene rings is 1. The summed E-state index contributed by atoms with van der Waals surface area (Å²) in [6.45, 7) is 3.57. The zero-order valence-corrected chi connectivity index (χ0v) is 19.5. The minimum atomic E-state index is -0.766. The molecule has 0 fully saturated rings. The monoisotopic (exact) mass is 487 g/mol. The molecule has 1 N–H and O–H groups in total. The summed E-state index contributed by atoms with van der Waals surface area (Å²) < 4.78 is 0.813. The van der Waals surface area contributed by atoms with Crippen molar-refractivity contribution in [2.75, 3.05) is 4.90 Å². The van der Waals surface area contributed by atoms with Gasteiger partial charge in [0.15, 0.2) is 10.9 Å². The first-order chi connectivity index (χ1) is 14.8. The third kappa shape index (κ3) is 3.28. The van der Waals surface area contributed by atoms with Crippen LogP contribution in [0.15, 0.2) is 47.0 Å². The Hall–Kier alpha value is -2.59. The maximum atomic E-state index is 13.5. The summed E-state index contributed by atoms with van der Waals surface area (Å²) in [5.74, 6) is -1.59. The SMILES string of the molecule is Cc1nc(C)c(C(=O)C2=C(O)C(=O)N(c3nc4ccc(Cl)cc4s3)[C@H]2c2cccs2)s1. The lowest BCUT2D eigenvalue weighted by molar-refractivity contribution is -0.117. The summed E-state index contributed by atoms with van der Waals surface area (Å²) in [5.41, 5.74) is 1.32. The number of aliphatic hydroxyl groups is 1. The molecule has 0 spiro atoms. The van der Waals surface area contributed by atoms with Gasteiger partial charge < -0.3 is 5.11 Å². The number of hydrogen-bond donors (Lipinski definition) is 1. The van der Waals surface area contributed by atoms with E-state index in [4.69, 9.17) is 11.6 Å². The average Bonchev–Trinajstić information content (AvgIpc) is 3.48. The molecule has 5 rings (SSSR count). The number of amides is 1. The van der Waals surface area contributed by atoms with E-state index >= 15 is 0 Å².